The summed E-state index contributed by atoms with van der Waals surface area (Å²) in [7, 11) is 4.16. The molecule has 0 amide bonds. The first-order valence-corrected chi connectivity index (χ1v) is 7.64. The van der Waals surface area contributed by atoms with Crippen LogP contribution in [0.3, 0.4) is 0 Å². The highest BCUT2D eigenvalue weighted by molar-refractivity contribution is 5.82. The first-order chi connectivity index (χ1) is 10.2. The molecule has 0 saturated carbocycles. The summed E-state index contributed by atoms with van der Waals surface area (Å²) in [5, 5.41) is 4.49. The minimum absolute atomic E-state index is 0.616. The molecule has 0 unspecified atom stereocenters. The Labute approximate surface area is 127 Å². The molecule has 1 heterocycles. The third kappa shape index (κ3) is 4.56. The van der Waals surface area contributed by atoms with Crippen LogP contribution in [0, 0.1) is 0 Å². The van der Waals surface area contributed by atoms with Crippen LogP contribution in [0.5, 0.6) is 0 Å². The zero-order valence-corrected chi connectivity index (χ0v) is 13.3. The fourth-order valence-electron chi connectivity index (χ4n) is 2.35. The summed E-state index contributed by atoms with van der Waals surface area (Å²) < 4.78 is 11.8. The Morgan fingerprint density at radius 2 is 2.05 bits per heavy atom. The smallest absolute Gasteiger partial charge is 0.134 e. The standard InChI is InChI=1S/C17H26N2O2/c1-4-18-12-17-15(13-20-11-7-10-19(2)3)14-8-5-6-9-16(14)21-17/h5-6,8-9,18H,4,7,10-13H2,1-3H3. The van der Waals surface area contributed by atoms with Gasteiger partial charge in [0.1, 0.15) is 11.3 Å². The summed E-state index contributed by atoms with van der Waals surface area (Å²) in [6.07, 6.45) is 1.05. The zero-order valence-electron chi connectivity index (χ0n) is 13.3. The Balaban J connectivity index is 2.01. The average molecular weight is 290 g/mol. The molecule has 1 aromatic carbocycles. The van der Waals surface area contributed by atoms with E-state index in [1.807, 2.05) is 18.2 Å². The highest BCUT2D eigenvalue weighted by atomic mass is 16.5. The molecule has 0 spiro atoms. The number of rotatable bonds is 9. The van der Waals surface area contributed by atoms with Crippen molar-refractivity contribution in [2.75, 3.05) is 33.8 Å². The van der Waals surface area contributed by atoms with Gasteiger partial charge in [0.05, 0.1) is 13.2 Å². The second-order valence-electron chi connectivity index (χ2n) is 5.49. The van der Waals surface area contributed by atoms with Gasteiger partial charge in [-0.25, -0.2) is 0 Å². The van der Waals surface area contributed by atoms with Crippen LogP contribution in [0.2, 0.25) is 0 Å². The van der Waals surface area contributed by atoms with E-state index < -0.39 is 0 Å². The lowest BCUT2D eigenvalue weighted by Gasteiger charge is -2.09. The molecular formula is C17H26N2O2. The predicted octanol–water partition coefficient (Wildman–Crippen LogP) is 3.01. The van der Waals surface area contributed by atoms with Crippen molar-refractivity contribution in [1.82, 2.24) is 10.2 Å². The number of benzene rings is 1. The van der Waals surface area contributed by atoms with E-state index in [4.69, 9.17) is 9.15 Å². The van der Waals surface area contributed by atoms with Crippen molar-refractivity contribution in [3.8, 4) is 0 Å². The third-order valence-corrected chi connectivity index (χ3v) is 3.46. The maximum Gasteiger partial charge on any atom is 0.134 e. The predicted molar refractivity (Wildman–Crippen MR) is 86.4 cm³/mol. The minimum Gasteiger partial charge on any atom is -0.459 e. The fourth-order valence-corrected chi connectivity index (χ4v) is 2.35. The monoisotopic (exact) mass is 290 g/mol. The van der Waals surface area contributed by atoms with E-state index in [-0.39, 0.29) is 0 Å². The fraction of sp³-hybridized carbons (Fsp3) is 0.529. The largest absolute Gasteiger partial charge is 0.459 e. The minimum atomic E-state index is 0.616. The van der Waals surface area contributed by atoms with Crippen molar-refractivity contribution in [1.29, 1.82) is 0 Å². The Morgan fingerprint density at radius 1 is 1.24 bits per heavy atom. The number of para-hydroxylation sites is 1. The van der Waals surface area contributed by atoms with Crippen molar-refractivity contribution in [3.63, 3.8) is 0 Å². The number of furan rings is 1. The molecule has 1 aromatic heterocycles. The lowest BCUT2D eigenvalue weighted by atomic mass is 10.1. The molecule has 0 aliphatic heterocycles. The van der Waals surface area contributed by atoms with E-state index in [0.717, 1.165) is 49.4 Å². The van der Waals surface area contributed by atoms with Gasteiger partial charge >= 0.3 is 0 Å². The summed E-state index contributed by atoms with van der Waals surface area (Å²) in [6.45, 7) is 6.22. The van der Waals surface area contributed by atoms with E-state index in [9.17, 15) is 0 Å². The number of nitrogens with zero attached hydrogens (tertiary/aromatic N) is 1. The summed E-state index contributed by atoms with van der Waals surface area (Å²) in [5.41, 5.74) is 2.12. The van der Waals surface area contributed by atoms with Gasteiger partial charge in [-0.15, -0.1) is 0 Å². The van der Waals surface area contributed by atoms with Gasteiger partial charge in [-0.2, -0.15) is 0 Å². The van der Waals surface area contributed by atoms with Crippen LogP contribution in [0.4, 0.5) is 0 Å². The number of fused-ring (bicyclic) bond motifs is 1. The number of ether oxygens (including phenoxy) is 1. The molecular weight excluding hydrogens is 264 g/mol. The van der Waals surface area contributed by atoms with E-state index >= 15 is 0 Å². The van der Waals surface area contributed by atoms with Crippen LogP contribution in [-0.2, 0) is 17.9 Å². The van der Waals surface area contributed by atoms with Crippen LogP contribution < -0.4 is 5.32 Å². The van der Waals surface area contributed by atoms with Gasteiger partial charge in [-0.1, -0.05) is 25.1 Å². The number of hydrogen-bond donors (Lipinski definition) is 1. The molecule has 4 heteroatoms. The van der Waals surface area contributed by atoms with Gasteiger partial charge in [0, 0.05) is 17.6 Å². The number of hydrogen-bond acceptors (Lipinski definition) is 4. The molecule has 4 nitrogen and oxygen atoms in total. The summed E-state index contributed by atoms with van der Waals surface area (Å²) >= 11 is 0. The van der Waals surface area contributed by atoms with Crippen molar-refractivity contribution in [3.05, 3.63) is 35.6 Å². The topological polar surface area (TPSA) is 37.6 Å². The van der Waals surface area contributed by atoms with Crippen LogP contribution in [0.25, 0.3) is 11.0 Å². The van der Waals surface area contributed by atoms with E-state index in [1.54, 1.807) is 0 Å². The van der Waals surface area contributed by atoms with Crippen molar-refractivity contribution in [2.24, 2.45) is 0 Å². The maximum atomic E-state index is 5.95. The van der Waals surface area contributed by atoms with Gasteiger partial charge in [-0.3, -0.25) is 0 Å². The molecule has 0 atom stereocenters. The van der Waals surface area contributed by atoms with Crippen LogP contribution in [0.15, 0.2) is 28.7 Å². The molecule has 0 aliphatic rings. The summed E-state index contributed by atoms with van der Waals surface area (Å²) in [6, 6.07) is 8.17. The van der Waals surface area contributed by atoms with E-state index in [2.05, 4.69) is 37.3 Å². The molecule has 0 fully saturated rings. The van der Waals surface area contributed by atoms with E-state index in [0.29, 0.717) is 6.61 Å². The zero-order chi connectivity index (χ0) is 15.1. The molecule has 2 rings (SSSR count). The van der Waals surface area contributed by atoms with Gasteiger partial charge < -0.3 is 19.4 Å². The van der Waals surface area contributed by atoms with Gasteiger partial charge in [0.25, 0.3) is 0 Å². The third-order valence-electron chi connectivity index (χ3n) is 3.46. The van der Waals surface area contributed by atoms with Crippen LogP contribution >= 0.6 is 0 Å². The maximum absolute atomic E-state index is 5.95. The van der Waals surface area contributed by atoms with Gasteiger partial charge in [-0.05, 0) is 39.7 Å². The average Bonchev–Trinajstić information content (AvgIpc) is 2.82. The van der Waals surface area contributed by atoms with Gasteiger partial charge in [0.2, 0.25) is 0 Å². The second-order valence-corrected chi connectivity index (χ2v) is 5.49. The summed E-state index contributed by atoms with van der Waals surface area (Å²) in [4.78, 5) is 2.17. The first-order valence-electron chi connectivity index (χ1n) is 7.64. The van der Waals surface area contributed by atoms with Crippen molar-refractivity contribution < 1.29 is 9.15 Å². The summed E-state index contributed by atoms with van der Waals surface area (Å²) in [5.74, 6) is 0.991. The molecule has 0 aliphatic carbocycles. The SMILES string of the molecule is CCNCc1oc2ccccc2c1COCCCN(C)C. The Morgan fingerprint density at radius 3 is 2.81 bits per heavy atom. The highest BCUT2D eigenvalue weighted by Crippen LogP contribution is 2.26. The second kappa shape index (κ2) is 8.17. The lowest BCUT2D eigenvalue weighted by Crippen LogP contribution is -2.15. The quantitative estimate of drug-likeness (QED) is 0.720. The molecule has 2 aromatic rings. The molecule has 1 N–H and O–H groups in total. The first kappa shape index (κ1) is 16.0. The molecule has 0 radical (unpaired) electrons. The molecule has 0 bridgehead atoms. The molecule has 21 heavy (non-hydrogen) atoms. The number of nitrogens with one attached hydrogen (secondary N) is 1. The highest BCUT2D eigenvalue weighted by Gasteiger charge is 2.13. The van der Waals surface area contributed by atoms with Crippen LogP contribution in [0.1, 0.15) is 24.7 Å². The van der Waals surface area contributed by atoms with E-state index in [1.165, 1.54) is 5.56 Å². The van der Waals surface area contributed by atoms with Crippen molar-refractivity contribution >= 4 is 11.0 Å². The van der Waals surface area contributed by atoms with Crippen LogP contribution in [-0.4, -0.2) is 38.7 Å². The lowest BCUT2D eigenvalue weighted by molar-refractivity contribution is 0.112. The molecule has 0 saturated heterocycles. The normalized spacial score (nSPS) is 11.6. The molecule has 116 valence electrons. The Hall–Kier alpha value is -1.36. The Bertz CT molecular complexity index is 549. The van der Waals surface area contributed by atoms with Gasteiger partial charge in [0.15, 0.2) is 0 Å². The van der Waals surface area contributed by atoms with Crippen molar-refractivity contribution in [2.45, 2.75) is 26.5 Å². The Kier molecular flexibility index (Phi) is 6.23.